The number of aromatic nitrogens is 2. The van der Waals surface area contributed by atoms with Gasteiger partial charge in [-0.05, 0) is 42.7 Å². The first-order valence-corrected chi connectivity index (χ1v) is 8.71. The van der Waals surface area contributed by atoms with Crippen molar-refractivity contribution in [1.29, 1.82) is 0 Å². The van der Waals surface area contributed by atoms with Crippen molar-refractivity contribution < 1.29 is 9.53 Å². The molecule has 1 heterocycles. The van der Waals surface area contributed by atoms with Crippen molar-refractivity contribution in [2.45, 2.75) is 13.3 Å². The number of benzene rings is 2. The fourth-order valence-corrected chi connectivity index (χ4v) is 2.60. The van der Waals surface area contributed by atoms with Crippen LogP contribution in [0.25, 0.3) is 0 Å². The van der Waals surface area contributed by atoms with Crippen LogP contribution < -0.4 is 15.4 Å². The predicted molar refractivity (Wildman–Crippen MR) is 106 cm³/mol. The molecule has 3 rings (SSSR count). The monoisotopic (exact) mass is 362 g/mol. The molecule has 0 saturated heterocycles. The van der Waals surface area contributed by atoms with Crippen molar-refractivity contribution >= 4 is 17.4 Å². The molecule has 2 aromatic carbocycles. The highest BCUT2D eigenvalue weighted by Crippen LogP contribution is 2.15. The Morgan fingerprint density at radius 3 is 2.67 bits per heavy atom. The molecule has 6 nitrogen and oxygen atoms in total. The van der Waals surface area contributed by atoms with Crippen molar-refractivity contribution in [1.82, 2.24) is 9.97 Å². The topological polar surface area (TPSA) is 76.1 Å². The molecule has 0 atom stereocenters. The summed E-state index contributed by atoms with van der Waals surface area (Å²) in [5, 5.41) is 6.06. The Labute approximate surface area is 158 Å². The number of carbonyl (C=O) groups excluding carboxylic acids is 1. The summed E-state index contributed by atoms with van der Waals surface area (Å²) in [5.41, 5.74) is 3.21. The summed E-state index contributed by atoms with van der Waals surface area (Å²) >= 11 is 0. The van der Waals surface area contributed by atoms with E-state index in [9.17, 15) is 4.79 Å². The number of amides is 1. The van der Waals surface area contributed by atoms with Crippen LogP contribution in [0.1, 0.15) is 21.6 Å². The second-order valence-electron chi connectivity index (χ2n) is 6.08. The lowest BCUT2D eigenvalue weighted by atomic mass is 10.1. The molecule has 0 aliphatic carbocycles. The van der Waals surface area contributed by atoms with Gasteiger partial charge in [0.2, 0.25) is 0 Å². The van der Waals surface area contributed by atoms with Gasteiger partial charge in [0.15, 0.2) is 0 Å². The summed E-state index contributed by atoms with van der Waals surface area (Å²) in [6.07, 6.45) is 3.87. The lowest BCUT2D eigenvalue weighted by Gasteiger charge is -2.09. The molecule has 27 heavy (non-hydrogen) atoms. The number of ether oxygens (including phenoxy) is 1. The standard InChI is InChI=1S/C21H22N4O2/c1-15-6-3-4-9-18(15)25-21(26)19-13-24-20(14-23-19)22-11-10-16-7-5-8-17(12-16)27-2/h3-9,12-14H,10-11H2,1-2H3,(H,22,24)(H,25,26). The number of nitrogens with zero attached hydrogens (tertiary/aromatic N) is 2. The Hall–Kier alpha value is -3.41. The van der Waals surface area contributed by atoms with Crippen molar-refractivity contribution in [2.24, 2.45) is 0 Å². The quantitative estimate of drug-likeness (QED) is 0.670. The maximum absolute atomic E-state index is 12.3. The van der Waals surface area contributed by atoms with E-state index >= 15 is 0 Å². The molecule has 0 fully saturated rings. The highest BCUT2D eigenvalue weighted by atomic mass is 16.5. The van der Waals surface area contributed by atoms with E-state index in [4.69, 9.17) is 4.74 Å². The number of aryl methyl sites for hydroxylation is 1. The van der Waals surface area contributed by atoms with E-state index in [1.54, 1.807) is 13.3 Å². The van der Waals surface area contributed by atoms with Crippen LogP contribution in [-0.4, -0.2) is 29.5 Å². The molecule has 0 aliphatic heterocycles. The highest BCUT2D eigenvalue weighted by molar-refractivity contribution is 6.03. The third kappa shape index (κ3) is 5.04. The summed E-state index contributed by atoms with van der Waals surface area (Å²) in [7, 11) is 1.66. The molecular formula is C21H22N4O2. The maximum Gasteiger partial charge on any atom is 0.275 e. The van der Waals surface area contributed by atoms with Crippen LogP contribution in [-0.2, 0) is 6.42 Å². The van der Waals surface area contributed by atoms with Crippen molar-refractivity contribution in [3.05, 3.63) is 77.7 Å². The molecule has 0 unspecified atom stereocenters. The number of nitrogens with one attached hydrogen (secondary N) is 2. The number of rotatable bonds is 7. The van der Waals surface area contributed by atoms with Crippen LogP contribution in [0.4, 0.5) is 11.5 Å². The van der Waals surface area contributed by atoms with Crippen LogP contribution in [0.5, 0.6) is 5.75 Å². The number of para-hydroxylation sites is 1. The minimum absolute atomic E-state index is 0.275. The molecule has 1 aromatic heterocycles. The third-order valence-electron chi connectivity index (χ3n) is 4.13. The van der Waals surface area contributed by atoms with Crippen LogP contribution in [0.3, 0.4) is 0 Å². The van der Waals surface area contributed by atoms with E-state index in [1.807, 2.05) is 49.4 Å². The van der Waals surface area contributed by atoms with E-state index in [-0.39, 0.29) is 11.6 Å². The average molecular weight is 362 g/mol. The first-order valence-electron chi connectivity index (χ1n) is 8.71. The van der Waals surface area contributed by atoms with Gasteiger partial charge in [0.25, 0.3) is 5.91 Å². The number of hydrogen-bond acceptors (Lipinski definition) is 5. The van der Waals surface area contributed by atoms with E-state index in [0.717, 1.165) is 23.4 Å². The van der Waals surface area contributed by atoms with Gasteiger partial charge >= 0.3 is 0 Å². The van der Waals surface area contributed by atoms with Gasteiger partial charge in [0.05, 0.1) is 19.5 Å². The minimum atomic E-state index is -0.278. The number of hydrogen-bond donors (Lipinski definition) is 2. The Morgan fingerprint density at radius 1 is 1.07 bits per heavy atom. The molecule has 138 valence electrons. The Bertz CT molecular complexity index is 910. The minimum Gasteiger partial charge on any atom is -0.497 e. The fraction of sp³-hybridized carbons (Fsp3) is 0.190. The van der Waals surface area contributed by atoms with Gasteiger partial charge in [-0.2, -0.15) is 0 Å². The maximum atomic E-state index is 12.3. The molecule has 1 amide bonds. The van der Waals surface area contributed by atoms with Gasteiger partial charge in [-0.1, -0.05) is 30.3 Å². The summed E-state index contributed by atoms with van der Waals surface area (Å²) in [5.74, 6) is 1.20. The van der Waals surface area contributed by atoms with E-state index < -0.39 is 0 Å². The summed E-state index contributed by atoms with van der Waals surface area (Å²) in [6, 6.07) is 15.5. The zero-order chi connectivity index (χ0) is 19.1. The van der Waals surface area contributed by atoms with Crippen molar-refractivity contribution in [3.8, 4) is 5.75 Å². The lowest BCUT2D eigenvalue weighted by molar-refractivity contribution is 0.102. The first-order chi connectivity index (χ1) is 13.2. The Morgan fingerprint density at radius 2 is 1.93 bits per heavy atom. The molecule has 0 radical (unpaired) electrons. The van der Waals surface area contributed by atoms with Gasteiger partial charge in [-0.15, -0.1) is 0 Å². The molecule has 0 bridgehead atoms. The summed E-state index contributed by atoms with van der Waals surface area (Å²) < 4.78 is 5.22. The highest BCUT2D eigenvalue weighted by Gasteiger charge is 2.09. The molecule has 0 aliphatic rings. The van der Waals surface area contributed by atoms with Gasteiger partial charge < -0.3 is 15.4 Å². The smallest absolute Gasteiger partial charge is 0.275 e. The molecular weight excluding hydrogens is 340 g/mol. The van der Waals surface area contributed by atoms with E-state index in [2.05, 4.69) is 26.7 Å². The summed E-state index contributed by atoms with van der Waals surface area (Å²) in [4.78, 5) is 20.8. The van der Waals surface area contributed by atoms with Gasteiger partial charge in [-0.3, -0.25) is 4.79 Å². The summed E-state index contributed by atoms with van der Waals surface area (Å²) in [6.45, 7) is 2.65. The van der Waals surface area contributed by atoms with Crippen molar-refractivity contribution in [3.63, 3.8) is 0 Å². The zero-order valence-corrected chi connectivity index (χ0v) is 15.4. The Kier molecular flexibility index (Phi) is 5.99. The molecule has 3 aromatic rings. The largest absolute Gasteiger partial charge is 0.497 e. The van der Waals surface area contributed by atoms with Crippen molar-refractivity contribution in [2.75, 3.05) is 24.3 Å². The fourth-order valence-electron chi connectivity index (χ4n) is 2.60. The number of methoxy groups -OCH3 is 1. The van der Waals surface area contributed by atoms with E-state index in [1.165, 1.54) is 11.8 Å². The second kappa shape index (κ2) is 8.80. The molecule has 2 N–H and O–H groups in total. The van der Waals surface area contributed by atoms with Crippen LogP contribution in [0, 0.1) is 6.92 Å². The van der Waals surface area contributed by atoms with Gasteiger partial charge in [0, 0.05) is 12.2 Å². The van der Waals surface area contributed by atoms with Gasteiger partial charge in [-0.25, -0.2) is 9.97 Å². The van der Waals surface area contributed by atoms with Gasteiger partial charge in [0.1, 0.15) is 17.3 Å². The third-order valence-corrected chi connectivity index (χ3v) is 4.13. The SMILES string of the molecule is COc1cccc(CCNc2cnc(C(=O)Nc3ccccc3C)cn2)c1. The van der Waals surface area contributed by atoms with Crippen LogP contribution >= 0.6 is 0 Å². The first kappa shape index (κ1) is 18.4. The number of anilines is 2. The number of carbonyl (C=O) groups is 1. The molecule has 0 spiro atoms. The lowest BCUT2D eigenvalue weighted by Crippen LogP contribution is -2.15. The predicted octanol–water partition coefficient (Wildman–Crippen LogP) is 3.70. The second-order valence-corrected chi connectivity index (χ2v) is 6.08. The zero-order valence-electron chi connectivity index (χ0n) is 15.4. The molecule has 0 saturated carbocycles. The van der Waals surface area contributed by atoms with Crippen LogP contribution in [0.2, 0.25) is 0 Å². The van der Waals surface area contributed by atoms with E-state index in [0.29, 0.717) is 12.4 Å². The average Bonchev–Trinajstić information content (AvgIpc) is 2.70. The van der Waals surface area contributed by atoms with Crippen LogP contribution in [0.15, 0.2) is 60.9 Å². The normalized spacial score (nSPS) is 10.3. The Balaban J connectivity index is 1.53. The molecule has 6 heteroatoms.